The SMILES string of the molecule is CC[C@H](NC(=O)c1cc(C(C)=O)c[nH]1)c1ncc(-c2ccccc2)[nH]1. The van der Waals surface area contributed by atoms with Crippen molar-refractivity contribution in [2.45, 2.75) is 26.3 Å². The summed E-state index contributed by atoms with van der Waals surface area (Å²) in [6.45, 7) is 3.44. The van der Waals surface area contributed by atoms with E-state index in [4.69, 9.17) is 0 Å². The second kappa shape index (κ2) is 7.17. The Morgan fingerprint density at radius 1 is 1.24 bits per heavy atom. The second-order valence-corrected chi connectivity index (χ2v) is 5.84. The van der Waals surface area contributed by atoms with Crippen LogP contribution in [0.5, 0.6) is 0 Å². The van der Waals surface area contributed by atoms with Crippen LogP contribution in [-0.2, 0) is 0 Å². The van der Waals surface area contributed by atoms with Gasteiger partial charge in [-0.15, -0.1) is 0 Å². The smallest absolute Gasteiger partial charge is 0.268 e. The Bertz CT molecular complexity index is 880. The summed E-state index contributed by atoms with van der Waals surface area (Å²) in [6.07, 6.45) is 3.99. The molecule has 0 bridgehead atoms. The average molecular weight is 336 g/mol. The molecule has 1 aromatic carbocycles. The molecule has 0 aliphatic carbocycles. The minimum Gasteiger partial charge on any atom is -0.356 e. The van der Waals surface area contributed by atoms with Gasteiger partial charge in [-0.25, -0.2) is 4.98 Å². The lowest BCUT2D eigenvalue weighted by molar-refractivity contribution is 0.0929. The van der Waals surface area contributed by atoms with Crippen molar-refractivity contribution >= 4 is 11.7 Å². The Morgan fingerprint density at radius 3 is 2.64 bits per heavy atom. The highest BCUT2D eigenvalue weighted by atomic mass is 16.2. The number of hydrogen-bond acceptors (Lipinski definition) is 3. The number of aromatic nitrogens is 3. The van der Waals surface area contributed by atoms with Gasteiger partial charge in [0.25, 0.3) is 5.91 Å². The number of carbonyl (C=O) groups is 2. The number of imidazole rings is 1. The highest BCUT2D eigenvalue weighted by molar-refractivity contribution is 5.99. The molecule has 0 radical (unpaired) electrons. The number of aromatic amines is 2. The molecule has 25 heavy (non-hydrogen) atoms. The zero-order chi connectivity index (χ0) is 17.8. The number of ketones is 1. The number of H-pyrrole nitrogens is 2. The molecule has 1 amide bonds. The zero-order valence-electron chi connectivity index (χ0n) is 14.2. The van der Waals surface area contributed by atoms with Gasteiger partial charge in [0.05, 0.1) is 17.9 Å². The maximum atomic E-state index is 12.4. The van der Waals surface area contributed by atoms with Crippen LogP contribution in [0.15, 0.2) is 48.8 Å². The molecule has 128 valence electrons. The van der Waals surface area contributed by atoms with Crippen LogP contribution in [0.4, 0.5) is 0 Å². The Kier molecular flexibility index (Phi) is 4.79. The van der Waals surface area contributed by atoms with Crippen LogP contribution in [0.3, 0.4) is 0 Å². The third-order valence-electron chi connectivity index (χ3n) is 4.06. The fraction of sp³-hybridized carbons (Fsp3) is 0.211. The van der Waals surface area contributed by atoms with Crippen molar-refractivity contribution in [3.63, 3.8) is 0 Å². The predicted molar refractivity (Wildman–Crippen MR) is 95.3 cm³/mol. The normalized spacial score (nSPS) is 11.9. The average Bonchev–Trinajstić information content (AvgIpc) is 3.30. The van der Waals surface area contributed by atoms with Crippen molar-refractivity contribution in [3.05, 3.63) is 65.9 Å². The van der Waals surface area contributed by atoms with Gasteiger partial charge >= 0.3 is 0 Å². The first kappa shape index (κ1) is 16.7. The monoisotopic (exact) mass is 336 g/mol. The van der Waals surface area contributed by atoms with E-state index >= 15 is 0 Å². The molecule has 0 fully saturated rings. The summed E-state index contributed by atoms with van der Waals surface area (Å²) < 4.78 is 0. The number of rotatable bonds is 6. The number of Topliss-reactive ketones (excluding diaryl/α,β-unsaturated/α-hetero) is 1. The highest BCUT2D eigenvalue weighted by Gasteiger charge is 2.18. The summed E-state index contributed by atoms with van der Waals surface area (Å²) in [4.78, 5) is 34.3. The summed E-state index contributed by atoms with van der Waals surface area (Å²) in [5, 5.41) is 2.94. The Labute approximate surface area is 145 Å². The minimum atomic E-state index is -0.267. The third kappa shape index (κ3) is 3.68. The summed E-state index contributed by atoms with van der Waals surface area (Å²) in [5.74, 6) is 0.353. The number of nitrogens with zero attached hydrogens (tertiary/aromatic N) is 1. The van der Waals surface area contributed by atoms with E-state index in [0.717, 1.165) is 11.3 Å². The topological polar surface area (TPSA) is 90.6 Å². The molecular weight excluding hydrogens is 316 g/mol. The van der Waals surface area contributed by atoms with Crippen LogP contribution < -0.4 is 5.32 Å². The van der Waals surface area contributed by atoms with E-state index in [9.17, 15) is 9.59 Å². The minimum absolute atomic E-state index is 0.0825. The van der Waals surface area contributed by atoms with Gasteiger partial charge in [0, 0.05) is 11.8 Å². The van der Waals surface area contributed by atoms with E-state index in [2.05, 4.69) is 20.3 Å². The van der Waals surface area contributed by atoms with E-state index in [-0.39, 0.29) is 17.7 Å². The maximum absolute atomic E-state index is 12.4. The summed E-state index contributed by atoms with van der Waals surface area (Å²) >= 11 is 0. The Morgan fingerprint density at radius 2 is 2.00 bits per heavy atom. The molecule has 3 rings (SSSR count). The van der Waals surface area contributed by atoms with Crippen molar-refractivity contribution < 1.29 is 9.59 Å². The zero-order valence-corrected chi connectivity index (χ0v) is 14.2. The first-order valence-electron chi connectivity index (χ1n) is 8.19. The third-order valence-corrected chi connectivity index (χ3v) is 4.06. The lowest BCUT2D eigenvalue weighted by Crippen LogP contribution is -2.29. The summed E-state index contributed by atoms with van der Waals surface area (Å²) in [6, 6.07) is 11.2. The number of hydrogen-bond donors (Lipinski definition) is 3. The van der Waals surface area contributed by atoms with E-state index in [1.165, 1.54) is 6.92 Å². The van der Waals surface area contributed by atoms with Crippen LogP contribution in [0.25, 0.3) is 11.3 Å². The molecule has 1 atom stereocenters. The van der Waals surface area contributed by atoms with Crippen molar-refractivity contribution in [1.29, 1.82) is 0 Å². The molecule has 0 aliphatic heterocycles. The second-order valence-electron chi connectivity index (χ2n) is 5.84. The van der Waals surface area contributed by atoms with Gasteiger partial charge in [0.2, 0.25) is 0 Å². The molecule has 6 heteroatoms. The quantitative estimate of drug-likeness (QED) is 0.602. The van der Waals surface area contributed by atoms with Crippen molar-refractivity contribution in [2.24, 2.45) is 0 Å². The Hall–Kier alpha value is -3.15. The maximum Gasteiger partial charge on any atom is 0.268 e. The highest BCUT2D eigenvalue weighted by Crippen LogP contribution is 2.20. The van der Waals surface area contributed by atoms with Crippen LogP contribution >= 0.6 is 0 Å². The molecule has 3 aromatic rings. The number of carbonyl (C=O) groups excluding carboxylic acids is 2. The molecule has 2 aromatic heterocycles. The fourth-order valence-corrected chi connectivity index (χ4v) is 2.61. The standard InChI is InChI=1S/C19H20N4O2/c1-3-15(23-19(25)16-9-14(10-20-16)12(2)24)18-21-11-17(22-18)13-7-5-4-6-8-13/h4-11,15,20H,3H2,1-2H3,(H,21,22)(H,23,25)/t15-/m0/s1. The summed E-state index contributed by atoms with van der Waals surface area (Å²) in [5.41, 5.74) is 2.79. The number of benzene rings is 1. The van der Waals surface area contributed by atoms with Gasteiger partial charge < -0.3 is 15.3 Å². The van der Waals surface area contributed by atoms with Crippen molar-refractivity contribution in [2.75, 3.05) is 0 Å². The van der Waals surface area contributed by atoms with Crippen molar-refractivity contribution in [1.82, 2.24) is 20.3 Å². The van der Waals surface area contributed by atoms with Gasteiger partial charge in [0.15, 0.2) is 5.78 Å². The Balaban J connectivity index is 1.75. The van der Waals surface area contributed by atoms with Gasteiger partial charge in [0.1, 0.15) is 11.5 Å². The largest absolute Gasteiger partial charge is 0.356 e. The van der Waals surface area contributed by atoms with Gasteiger partial charge in [-0.2, -0.15) is 0 Å². The number of nitrogens with one attached hydrogen (secondary N) is 3. The van der Waals surface area contributed by atoms with E-state index < -0.39 is 0 Å². The van der Waals surface area contributed by atoms with Crippen LogP contribution in [0.1, 0.15) is 53.0 Å². The van der Waals surface area contributed by atoms with Gasteiger partial charge in [-0.3, -0.25) is 9.59 Å². The van der Waals surface area contributed by atoms with E-state index in [0.29, 0.717) is 23.5 Å². The lowest BCUT2D eigenvalue weighted by atomic mass is 10.2. The molecule has 2 heterocycles. The first-order chi connectivity index (χ1) is 12.1. The fourth-order valence-electron chi connectivity index (χ4n) is 2.61. The first-order valence-corrected chi connectivity index (χ1v) is 8.19. The lowest BCUT2D eigenvalue weighted by Gasteiger charge is -2.14. The number of amides is 1. The van der Waals surface area contributed by atoms with Crippen LogP contribution in [0, 0.1) is 0 Å². The van der Waals surface area contributed by atoms with Crippen molar-refractivity contribution in [3.8, 4) is 11.3 Å². The molecule has 0 saturated carbocycles. The van der Waals surface area contributed by atoms with E-state index in [1.54, 1.807) is 18.5 Å². The van der Waals surface area contributed by atoms with Gasteiger partial charge in [-0.05, 0) is 25.0 Å². The molecule has 0 aliphatic rings. The molecular formula is C19H20N4O2. The summed E-state index contributed by atoms with van der Waals surface area (Å²) in [7, 11) is 0. The molecule has 6 nitrogen and oxygen atoms in total. The predicted octanol–water partition coefficient (Wildman–Crippen LogP) is 3.49. The molecule has 3 N–H and O–H groups in total. The van der Waals surface area contributed by atoms with Crippen LogP contribution in [0.2, 0.25) is 0 Å². The molecule has 0 saturated heterocycles. The molecule has 0 spiro atoms. The van der Waals surface area contributed by atoms with Crippen LogP contribution in [-0.4, -0.2) is 26.6 Å². The van der Waals surface area contributed by atoms with Gasteiger partial charge in [-0.1, -0.05) is 37.3 Å². The van der Waals surface area contributed by atoms with E-state index in [1.807, 2.05) is 37.3 Å². The molecule has 0 unspecified atom stereocenters.